The van der Waals surface area contributed by atoms with Crippen LogP contribution in [0.3, 0.4) is 0 Å². The summed E-state index contributed by atoms with van der Waals surface area (Å²) < 4.78 is 5.10. The summed E-state index contributed by atoms with van der Waals surface area (Å²) in [5.74, 6) is 0.0325. The number of alkyl halides is 1. The fraction of sp³-hybridized carbons (Fsp3) is 0.667. The predicted molar refractivity (Wildman–Crippen MR) is 53.3 cm³/mol. The summed E-state index contributed by atoms with van der Waals surface area (Å²) in [4.78, 5) is 11.1. The van der Waals surface area contributed by atoms with Gasteiger partial charge in [-0.2, -0.15) is 0 Å². The summed E-state index contributed by atoms with van der Waals surface area (Å²) in [5.41, 5.74) is 0.461. The first-order chi connectivity index (χ1) is 5.49. The van der Waals surface area contributed by atoms with Gasteiger partial charge in [0.2, 0.25) is 0 Å². The quantitative estimate of drug-likeness (QED) is 0.425. The number of halogens is 1. The second-order valence-corrected chi connectivity index (χ2v) is 3.65. The van der Waals surface area contributed by atoms with Gasteiger partial charge >= 0.3 is 5.97 Å². The van der Waals surface area contributed by atoms with E-state index >= 15 is 0 Å². The molecule has 0 aromatic heterocycles. The third-order valence-electron chi connectivity index (χ3n) is 1.68. The lowest BCUT2D eigenvalue weighted by molar-refractivity contribution is -0.145. The minimum atomic E-state index is -0.312. The molecule has 0 aromatic carbocycles. The van der Waals surface area contributed by atoms with Crippen LogP contribution in [-0.2, 0) is 9.53 Å². The fourth-order valence-corrected chi connectivity index (χ4v) is 0.672. The van der Waals surface area contributed by atoms with E-state index in [2.05, 4.69) is 22.5 Å². The van der Waals surface area contributed by atoms with Gasteiger partial charge in [-0.05, 0) is 12.8 Å². The molecule has 0 heterocycles. The first-order valence-corrected chi connectivity index (χ1v) is 5.06. The van der Waals surface area contributed by atoms with Crippen molar-refractivity contribution in [1.82, 2.24) is 0 Å². The highest BCUT2D eigenvalue weighted by molar-refractivity contribution is 9.09. The lowest BCUT2D eigenvalue weighted by atomic mass is 10.1. The fourth-order valence-electron chi connectivity index (χ4n) is 0.443. The molecule has 0 rings (SSSR count). The molecule has 0 aliphatic rings. The van der Waals surface area contributed by atoms with Crippen molar-refractivity contribution in [1.29, 1.82) is 0 Å². The highest BCUT2D eigenvalue weighted by Gasteiger charge is 2.14. The second-order valence-electron chi connectivity index (χ2n) is 3.09. The van der Waals surface area contributed by atoms with Crippen LogP contribution < -0.4 is 0 Å². The van der Waals surface area contributed by atoms with Crippen LogP contribution in [0.1, 0.15) is 20.8 Å². The van der Waals surface area contributed by atoms with Crippen molar-refractivity contribution in [3.63, 3.8) is 0 Å². The molecule has 0 bridgehead atoms. The van der Waals surface area contributed by atoms with Crippen molar-refractivity contribution in [3.8, 4) is 0 Å². The SMILES string of the molecule is C=C(CBr)C(=O)OC(C)C(C)C. The van der Waals surface area contributed by atoms with Crippen LogP contribution in [0, 0.1) is 5.92 Å². The summed E-state index contributed by atoms with van der Waals surface area (Å²) in [6, 6.07) is 0. The molecule has 0 amide bonds. The molecule has 70 valence electrons. The van der Waals surface area contributed by atoms with Gasteiger partial charge in [0, 0.05) is 10.9 Å². The molecule has 0 radical (unpaired) electrons. The molecule has 0 saturated heterocycles. The zero-order valence-electron chi connectivity index (χ0n) is 7.76. The predicted octanol–water partition coefficient (Wildman–Crippen LogP) is 2.53. The van der Waals surface area contributed by atoms with E-state index in [-0.39, 0.29) is 12.1 Å². The summed E-state index contributed by atoms with van der Waals surface area (Å²) >= 11 is 3.14. The maximum Gasteiger partial charge on any atom is 0.334 e. The number of rotatable bonds is 4. The van der Waals surface area contributed by atoms with Crippen molar-refractivity contribution in [2.24, 2.45) is 5.92 Å². The molecule has 3 heteroatoms. The number of carbonyl (C=O) groups is 1. The Morgan fingerprint density at radius 3 is 2.33 bits per heavy atom. The second kappa shape index (κ2) is 5.36. The molecular weight excluding hydrogens is 220 g/mol. The van der Waals surface area contributed by atoms with Crippen molar-refractivity contribution < 1.29 is 9.53 Å². The number of esters is 1. The van der Waals surface area contributed by atoms with Crippen LogP contribution in [0.25, 0.3) is 0 Å². The van der Waals surface area contributed by atoms with E-state index in [1.807, 2.05) is 20.8 Å². The van der Waals surface area contributed by atoms with Gasteiger partial charge < -0.3 is 4.74 Å². The van der Waals surface area contributed by atoms with Crippen molar-refractivity contribution in [2.45, 2.75) is 26.9 Å². The number of carbonyl (C=O) groups excluding carboxylic acids is 1. The Bertz CT molecular complexity index is 175. The highest BCUT2D eigenvalue weighted by Crippen LogP contribution is 2.08. The third kappa shape index (κ3) is 3.90. The Labute approximate surface area is 82.1 Å². The number of hydrogen-bond donors (Lipinski definition) is 0. The van der Waals surface area contributed by atoms with Gasteiger partial charge in [-0.1, -0.05) is 36.4 Å². The zero-order chi connectivity index (χ0) is 9.72. The molecule has 1 unspecified atom stereocenters. The van der Waals surface area contributed by atoms with Crippen LogP contribution in [0.15, 0.2) is 12.2 Å². The molecule has 2 nitrogen and oxygen atoms in total. The van der Waals surface area contributed by atoms with E-state index in [9.17, 15) is 4.79 Å². The lowest BCUT2D eigenvalue weighted by Gasteiger charge is -2.16. The molecule has 0 saturated carbocycles. The van der Waals surface area contributed by atoms with Crippen LogP contribution >= 0.6 is 15.9 Å². The van der Waals surface area contributed by atoms with Gasteiger partial charge in [0.15, 0.2) is 0 Å². The van der Waals surface area contributed by atoms with Crippen molar-refractivity contribution >= 4 is 21.9 Å². The standard InChI is InChI=1S/C9H15BrO2/c1-6(2)8(4)12-9(11)7(3)5-10/h6,8H,3,5H2,1-2,4H3. The summed E-state index contributed by atoms with van der Waals surface area (Å²) in [7, 11) is 0. The topological polar surface area (TPSA) is 26.3 Å². The Morgan fingerprint density at radius 1 is 1.50 bits per heavy atom. The first-order valence-electron chi connectivity index (χ1n) is 3.93. The van der Waals surface area contributed by atoms with E-state index in [1.54, 1.807) is 0 Å². The van der Waals surface area contributed by atoms with Crippen LogP contribution in [0.2, 0.25) is 0 Å². The summed E-state index contributed by atoms with van der Waals surface area (Å²) in [5, 5.41) is 0.469. The maximum absolute atomic E-state index is 11.1. The maximum atomic E-state index is 11.1. The van der Waals surface area contributed by atoms with E-state index in [1.165, 1.54) is 0 Å². The monoisotopic (exact) mass is 234 g/mol. The number of hydrogen-bond acceptors (Lipinski definition) is 2. The lowest BCUT2D eigenvalue weighted by Crippen LogP contribution is -2.21. The van der Waals surface area contributed by atoms with Crippen LogP contribution in [0.4, 0.5) is 0 Å². The largest absolute Gasteiger partial charge is 0.459 e. The normalized spacial score (nSPS) is 12.8. The van der Waals surface area contributed by atoms with Gasteiger partial charge in [-0.15, -0.1) is 0 Å². The van der Waals surface area contributed by atoms with Crippen LogP contribution in [-0.4, -0.2) is 17.4 Å². The average Bonchev–Trinajstić information content (AvgIpc) is 2.02. The van der Waals surface area contributed by atoms with Gasteiger partial charge in [0.25, 0.3) is 0 Å². The Morgan fingerprint density at radius 2 is 2.00 bits per heavy atom. The molecule has 1 atom stereocenters. The molecule has 0 aliphatic heterocycles. The molecule has 0 fully saturated rings. The molecule has 12 heavy (non-hydrogen) atoms. The minimum Gasteiger partial charge on any atom is -0.459 e. The summed E-state index contributed by atoms with van der Waals surface area (Å²) in [6.07, 6.45) is -0.0479. The molecule has 0 aromatic rings. The Hall–Kier alpha value is -0.310. The van der Waals surface area contributed by atoms with Crippen molar-refractivity contribution in [3.05, 3.63) is 12.2 Å². The van der Waals surface area contributed by atoms with E-state index < -0.39 is 0 Å². The molecular formula is C9H15BrO2. The van der Waals surface area contributed by atoms with E-state index in [4.69, 9.17) is 4.74 Å². The average molecular weight is 235 g/mol. The Balaban J connectivity index is 3.92. The molecule has 0 spiro atoms. The molecule has 0 N–H and O–H groups in total. The van der Waals surface area contributed by atoms with Gasteiger partial charge in [-0.3, -0.25) is 0 Å². The Kier molecular flexibility index (Phi) is 5.22. The van der Waals surface area contributed by atoms with Crippen LogP contribution in [0.5, 0.6) is 0 Å². The first kappa shape index (κ1) is 11.7. The third-order valence-corrected chi connectivity index (χ3v) is 2.36. The van der Waals surface area contributed by atoms with E-state index in [0.29, 0.717) is 16.8 Å². The zero-order valence-corrected chi connectivity index (χ0v) is 9.35. The van der Waals surface area contributed by atoms with Gasteiger partial charge in [0.05, 0.1) is 0 Å². The van der Waals surface area contributed by atoms with E-state index in [0.717, 1.165) is 0 Å². The highest BCUT2D eigenvalue weighted by atomic mass is 79.9. The number of ether oxygens (including phenoxy) is 1. The summed E-state index contributed by atoms with van der Waals surface area (Å²) in [6.45, 7) is 9.46. The minimum absolute atomic E-state index is 0.0479. The van der Waals surface area contributed by atoms with Gasteiger partial charge in [0.1, 0.15) is 6.10 Å². The van der Waals surface area contributed by atoms with Crippen molar-refractivity contribution in [2.75, 3.05) is 5.33 Å². The smallest absolute Gasteiger partial charge is 0.334 e. The molecule has 0 aliphatic carbocycles. The van der Waals surface area contributed by atoms with Gasteiger partial charge in [-0.25, -0.2) is 4.79 Å².